The first-order chi connectivity index (χ1) is 48.6. The maximum absolute atomic E-state index is 7.24. The molecule has 23 rings (SSSR count). The Morgan fingerprint density at radius 1 is 0.184 bits per heavy atom. The highest BCUT2D eigenvalue weighted by Gasteiger charge is 2.26. The van der Waals surface area contributed by atoms with E-state index in [2.05, 4.69) is 309 Å². The molecule has 0 atom stereocenters. The topological polar surface area (TPSA) is 72.3 Å². The van der Waals surface area contributed by atoms with Gasteiger partial charge in [-0.05, 0) is 144 Å². The quantitative estimate of drug-likeness (QED) is 0.166. The third-order valence-electron chi connectivity index (χ3n) is 21.1. The van der Waals surface area contributed by atoms with Crippen LogP contribution in [-0.4, -0.2) is 18.3 Å². The minimum atomic E-state index is 0.823. The van der Waals surface area contributed by atoms with Gasteiger partial charge in [-0.1, -0.05) is 182 Å². The van der Waals surface area contributed by atoms with Crippen molar-refractivity contribution in [2.24, 2.45) is 0 Å². The molecule has 0 N–H and O–H groups in total. The summed E-state index contributed by atoms with van der Waals surface area (Å²) in [5.74, 6) is 0. The molecule has 0 unspecified atom stereocenters. The Hall–Kier alpha value is -13.3. The first-order valence-electron chi connectivity index (χ1n) is 33.4. The zero-order valence-corrected chi connectivity index (χ0v) is 52.3. The molecule has 0 aliphatic rings. The van der Waals surface area contributed by atoms with Crippen LogP contribution in [0.5, 0.6) is 0 Å². The van der Waals surface area contributed by atoms with E-state index in [1.807, 2.05) is 12.1 Å². The summed E-state index contributed by atoms with van der Waals surface area (Å²) < 4.78 is 37.5. The summed E-state index contributed by atoms with van der Waals surface area (Å²) in [5.41, 5.74) is 24.0. The highest BCUT2D eigenvalue weighted by Crippen LogP contribution is 2.48. The molecule has 0 saturated carbocycles. The lowest BCUT2D eigenvalue weighted by Crippen LogP contribution is -1.99. The van der Waals surface area contributed by atoms with Gasteiger partial charge in [0, 0.05) is 109 Å². The van der Waals surface area contributed by atoms with Crippen LogP contribution in [0.4, 0.5) is 0 Å². The molecule has 0 radical (unpaired) electrons. The van der Waals surface area contributed by atoms with Crippen LogP contribution in [-0.2, 0) is 0 Å². The van der Waals surface area contributed by atoms with Crippen molar-refractivity contribution in [1.29, 1.82) is 0 Å². The second kappa shape index (κ2) is 19.2. The smallest absolute Gasteiger partial charge is 0.160 e. The molecule has 0 aliphatic heterocycles. The van der Waals surface area contributed by atoms with Crippen molar-refractivity contribution in [3.05, 3.63) is 303 Å². The number of para-hydroxylation sites is 6. The number of hydrogen-bond donors (Lipinski definition) is 0. The van der Waals surface area contributed by atoms with Crippen molar-refractivity contribution in [3.8, 4) is 45.0 Å². The number of rotatable bonds is 6. The van der Waals surface area contributed by atoms with Crippen LogP contribution in [0.3, 0.4) is 0 Å². The van der Waals surface area contributed by atoms with E-state index in [0.717, 1.165) is 209 Å². The van der Waals surface area contributed by atoms with Crippen molar-refractivity contribution in [2.75, 3.05) is 0 Å². The van der Waals surface area contributed by atoms with E-state index in [1.165, 1.54) is 10.8 Å². The molecular formula is C90H50N4O4. The van der Waals surface area contributed by atoms with Crippen molar-refractivity contribution in [2.45, 2.75) is 0 Å². The van der Waals surface area contributed by atoms with E-state index >= 15 is 0 Å². The molecule has 98 heavy (non-hydrogen) atoms. The van der Waals surface area contributed by atoms with E-state index in [-0.39, 0.29) is 0 Å². The van der Waals surface area contributed by atoms with E-state index in [9.17, 15) is 0 Å². The summed E-state index contributed by atoms with van der Waals surface area (Å²) in [6.07, 6.45) is 0. The fourth-order valence-corrected chi connectivity index (χ4v) is 17.0. The van der Waals surface area contributed by atoms with Gasteiger partial charge in [-0.3, -0.25) is 0 Å². The number of hydrogen-bond acceptors (Lipinski definition) is 4. The molecule has 0 spiro atoms. The second-order valence-corrected chi connectivity index (χ2v) is 26.2. The van der Waals surface area contributed by atoms with Crippen LogP contribution in [0.2, 0.25) is 0 Å². The predicted molar refractivity (Wildman–Crippen MR) is 404 cm³/mol. The zero-order valence-electron chi connectivity index (χ0n) is 52.3. The molecule has 8 nitrogen and oxygen atoms in total. The van der Waals surface area contributed by atoms with Crippen molar-refractivity contribution in [3.63, 3.8) is 0 Å². The van der Waals surface area contributed by atoms with Crippen LogP contribution in [0.15, 0.2) is 321 Å². The van der Waals surface area contributed by atoms with Gasteiger partial charge < -0.3 is 35.9 Å². The van der Waals surface area contributed by atoms with E-state index < -0.39 is 0 Å². The van der Waals surface area contributed by atoms with Crippen molar-refractivity contribution < 1.29 is 17.7 Å². The Kier molecular flexibility index (Phi) is 10.2. The molecule has 8 heterocycles. The van der Waals surface area contributed by atoms with Gasteiger partial charge in [0.15, 0.2) is 22.3 Å². The molecule has 0 bridgehead atoms. The van der Waals surface area contributed by atoms with Gasteiger partial charge >= 0.3 is 0 Å². The third kappa shape index (κ3) is 6.96. The van der Waals surface area contributed by atoms with Gasteiger partial charge in [0.1, 0.15) is 22.3 Å². The van der Waals surface area contributed by atoms with E-state index in [1.54, 1.807) is 0 Å². The largest absolute Gasteiger partial charge is 0.454 e. The van der Waals surface area contributed by atoms with Crippen LogP contribution >= 0.6 is 0 Å². The molecule has 8 aromatic heterocycles. The summed E-state index contributed by atoms with van der Waals surface area (Å²) in [6, 6.07) is 109. The maximum atomic E-state index is 7.24. The Morgan fingerprint density at radius 2 is 0.510 bits per heavy atom. The lowest BCUT2D eigenvalue weighted by atomic mass is 9.97. The van der Waals surface area contributed by atoms with Gasteiger partial charge in [-0.2, -0.15) is 0 Å². The number of nitrogens with zero attached hydrogens (tertiary/aromatic N) is 4. The summed E-state index contributed by atoms with van der Waals surface area (Å²) in [4.78, 5) is 0. The normalized spacial score (nSPS) is 12.5. The van der Waals surface area contributed by atoms with Gasteiger partial charge in [-0.25, -0.2) is 0 Å². The molecule has 454 valence electrons. The molecule has 15 aromatic carbocycles. The summed E-state index contributed by atoms with van der Waals surface area (Å²) in [7, 11) is 0. The summed E-state index contributed by atoms with van der Waals surface area (Å²) >= 11 is 0. The van der Waals surface area contributed by atoms with Gasteiger partial charge in [0.25, 0.3) is 0 Å². The molecule has 0 amide bonds. The van der Waals surface area contributed by atoms with E-state index in [0.29, 0.717) is 0 Å². The van der Waals surface area contributed by atoms with Crippen LogP contribution in [0.25, 0.3) is 220 Å². The lowest BCUT2D eigenvalue weighted by Gasteiger charge is -2.13. The Labute approximate surface area is 556 Å². The zero-order chi connectivity index (χ0) is 63.6. The average Bonchev–Trinajstić information content (AvgIpc) is 1.56. The number of aromatic nitrogens is 4. The second-order valence-electron chi connectivity index (χ2n) is 26.2. The monoisotopic (exact) mass is 1250 g/mol. The number of benzene rings is 15. The molecule has 0 aliphatic carbocycles. The summed E-state index contributed by atoms with van der Waals surface area (Å²) in [5, 5.41) is 17.9. The number of furan rings is 4. The highest BCUT2D eigenvalue weighted by atomic mass is 16.3. The fourth-order valence-electron chi connectivity index (χ4n) is 17.0. The van der Waals surface area contributed by atoms with Gasteiger partial charge in [-0.15, -0.1) is 0 Å². The SMILES string of the molecule is c1cc(-c2cccc(-n3c4ccccc4c4ccc5c6cc(-c7cccc8oc9c(ccc%10c%11ccccc%11n(-c%11cccc(-n%12c%13ccccc%13c%13ccc%14c%15ccccc%15oc%14c%13%12)c%11)c%109)c78)ccc6oc5c43)c2)cc(-n2c3ccccc3c3ccc4c5ccccc5oc4c32)c1. The highest BCUT2D eigenvalue weighted by molar-refractivity contribution is 6.27. The van der Waals surface area contributed by atoms with Crippen molar-refractivity contribution in [1.82, 2.24) is 18.3 Å². The summed E-state index contributed by atoms with van der Waals surface area (Å²) in [6.45, 7) is 0. The molecular weight excluding hydrogens is 1200 g/mol. The Balaban J connectivity index is 0.667. The lowest BCUT2D eigenvalue weighted by molar-refractivity contribution is 0.670. The molecule has 8 heteroatoms. The predicted octanol–water partition coefficient (Wildman–Crippen LogP) is 25.0. The average molecular weight is 1250 g/mol. The minimum absolute atomic E-state index is 0.823. The van der Waals surface area contributed by atoms with Crippen LogP contribution < -0.4 is 0 Å². The Morgan fingerprint density at radius 3 is 0.969 bits per heavy atom. The maximum Gasteiger partial charge on any atom is 0.160 e. The standard InChI is InChI=1S/C90H50N4O4/c1-7-30-74-59(23-1)65-38-42-69-63-27-5-11-34-78(63)95-87(69)83(65)91(74)54-19-13-17-51(47-54)52-18-14-20-55(48-52)92-75-31-8-2-24-60(75)67-40-44-71-73-49-53(37-46-80(73)97-89(71)85(67)92)58-29-16-36-81-82(58)72-45-41-68-62-26-4-10-33-77(62)94(86(68)90(72)98-81)57-22-15-21-56(50-57)93-76-32-9-3-25-61(76)66-39-43-70-64-28-6-12-35-79(64)96-88(70)84(66)93/h1-50H. The molecule has 0 saturated heterocycles. The first-order valence-corrected chi connectivity index (χ1v) is 33.4. The van der Waals surface area contributed by atoms with Gasteiger partial charge in [0.2, 0.25) is 0 Å². The van der Waals surface area contributed by atoms with E-state index in [4.69, 9.17) is 17.7 Å². The van der Waals surface area contributed by atoms with Crippen LogP contribution in [0.1, 0.15) is 0 Å². The Bertz CT molecular complexity index is 7460. The third-order valence-corrected chi connectivity index (χ3v) is 21.1. The van der Waals surface area contributed by atoms with Gasteiger partial charge in [0.05, 0.1) is 44.1 Å². The van der Waals surface area contributed by atoms with Crippen molar-refractivity contribution >= 4 is 175 Å². The minimum Gasteiger partial charge on any atom is -0.454 e. The number of fused-ring (bicyclic) bond motifs is 28. The fraction of sp³-hybridized carbons (Fsp3) is 0. The van der Waals surface area contributed by atoms with Crippen LogP contribution in [0, 0.1) is 0 Å². The molecule has 0 fully saturated rings. The molecule has 23 aromatic rings. The first kappa shape index (κ1) is 52.1.